The number of allylic oxidation sites excluding steroid dienone is 2. The molecule has 1 aliphatic heterocycles. The number of aliphatic hydroxyl groups excluding tert-OH is 1. The molecule has 0 saturated carbocycles. The fraction of sp³-hybridized carbons (Fsp3) is 0.786. The summed E-state index contributed by atoms with van der Waals surface area (Å²) in [5, 5.41) is 8.70. The van der Waals surface area contributed by atoms with Crippen molar-refractivity contribution in [2.24, 2.45) is 5.92 Å². The Morgan fingerprint density at radius 3 is 2.72 bits per heavy atom. The maximum Gasteiger partial charge on any atom is 0.223 e. The molecule has 1 aliphatic carbocycles. The molecule has 0 radical (unpaired) electrons. The zero-order valence-corrected chi connectivity index (χ0v) is 10.9. The fourth-order valence-electron chi connectivity index (χ4n) is 2.71. The first-order valence-corrected chi connectivity index (χ1v) is 6.96. The van der Waals surface area contributed by atoms with E-state index in [-0.39, 0.29) is 18.6 Å². The molecule has 1 atom stereocenters. The van der Waals surface area contributed by atoms with Crippen LogP contribution in [0.1, 0.15) is 32.1 Å². The lowest BCUT2D eigenvalue weighted by atomic mass is 10.0. The van der Waals surface area contributed by atoms with Crippen molar-refractivity contribution in [1.29, 1.82) is 0 Å². The standard InChI is InChI=1S/C14H23NO3/c16-9-10-18-13-5-7-15(8-6-13)14(17)11-12-3-1-2-4-12/h1,3,12-13,16H,2,4-11H2. The van der Waals surface area contributed by atoms with Gasteiger partial charge in [0.25, 0.3) is 0 Å². The van der Waals surface area contributed by atoms with Crippen LogP contribution in [-0.2, 0) is 9.53 Å². The van der Waals surface area contributed by atoms with E-state index in [0.29, 0.717) is 18.9 Å². The van der Waals surface area contributed by atoms with Crippen LogP contribution in [0.2, 0.25) is 0 Å². The number of carbonyl (C=O) groups is 1. The first-order chi connectivity index (χ1) is 8.79. The zero-order valence-electron chi connectivity index (χ0n) is 10.9. The number of nitrogens with zero attached hydrogens (tertiary/aromatic N) is 1. The molecule has 0 bridgehead atoms. The van der Waals surface area contributed by atoms with Gasteiger partial charge in [0.1, 0.15) is 0 Å². The molecule has 1 fully saturated rings. The second kappa shape index (κ2) is 6.90. The summed E-state index contributed by atoms with van der Waals surface area (Å²) in [6.45, 7) is 2.08. The minimum atomic E-state index is 0.0765. The summed E-state index contributed by atoms with van der Waals surface area (Å²) in [5.74, 6) is 0.744. The van der Waals surface area contributed by atoms with Gasteiger partial charge >= 0.3 is 0 Å². The number of hydrogen-bond acceptors (Lipinski definition) is 3. The van der Waals surface area contributed by atoms with Gasteiger partial charge < -0.3 is 14.7 Å². The summed E-state index contributed by atoms with van der Waals surface area (Å²) in [5.41, 5.74) is 0. The molecule has 0 spiro atoms. The molecule has 1 amide bonds. The monoisotopic (exact) mass is 253 g/mol. The highest BCUT2D eigenvalue weighted by atomic mass is 16.5. The molecule has 4 heteroatoms. The van der Waals surface area contributed by atoms with E-state index in [9.17, 15) is 4.79 Å². The first-order valence-electron chi connectivity index (χ1n) is 6.96. The van der Waals surface area contributed by atoms with E-state index in [4.69, 9.17) is 9.84 Å². The van der Waals surface area contributed by atoms with Crippen molar-refractivity contribution >= 4 is 5.91 Å². The molecule has 1 unspecified atom stereocenters. The van der Waals surface area contributed by atoms with Crippen LogP contribution in [-0.4, -0.2) is 48.3 Å². The predicted molar refractivity (Wildman–Crippen MR) is 69.1 cm³/mol. The minimum absolute atomic E-state index is 0.0765. The number of hydrogen-bond donors (Lipinski definition) is 1. The molecule has 0 aromatic rings. The Hall–Kier alpha value is -0.870. The van der Waals surface area contributed by atoms with Crippen LogP contribution in [0.15, 0.2) is 12.2 Å². The van der Waals surface area contributed by atoms with Crippen molar-refractivity contribution in [3.05, 3.63) is 12.2 Å². The Morgan fingerprint density at radius 2 is 2.11 bits per heavy atom. The molecule has 4 nitrogen and oxygen atoms in total. The minimum Gasteiger partial charge on any atom is -0.394 e. The molecule has 0 aromatic carbocycles. The molecule has 1 saturated heterocycles. The largest absolute Gasteiger partial charge is 0.394 e. The number of piperidine rings is 1. The Kier molecular flexibility index (Phi) is 5.20. The fourth-order valence-corrected chi connectivity index (χ4v) is 2.71. The van der Waals surface area contributed by atoms with Crippen molar-refractivity contribution in [2.75, 3.05) is 26.3 Å². The number of aliphatic hydroxyl groups is 1. The molecular formula is C14H23NO3. The summed E-state index contributed by atoms with van der Waals surface area (Å²) in [4.78, 5) is 14.0. The van der Waals surface area contributed by atoms with Gasteiger partial charge in [-0.15, -0.1) is 0 Å². The normalized spacial score (nSPS) is 24.7. The van der Waals surface area contributed by atoms with Gasteiger partial charge in [-0.2, -0.15) is 0 Å². The van der Waals surface area contributed by atoms with Crippen molar-refractivity contribution < 1.29 is 14.6 Å². The summed E-state index contributed by atoms with van der Waals surface area (Å²) in [6, 6.07) is 0. The number of rotatable bonds is 5. The molecule has 18 heavy (non-hydrogen) atoms. The van der Waals surface area contributed by atoms with Gasteiger partial charge in [-0.1, -0.05) is 12.2 Å². The van der Waals surface area contributed by atoms with Crippen molar-refractivity contribution in [2.45, 2.75) is 38.2 Å². The Balaban J connectivity index is 1.68. The van der Waals surface area contributed by atoms with E-state index < -0.39 is 0 Å². The van der Waals surface area contributed by atoms with E-state index in [1.807, 2.05) is 4.90 Å². The van der Waals surface area contributed by atoms with Gasteiger partial charge in [0.05, 0.1) is 19.3 Å². The Labute approximate surface area is 109 Å². The van der Waals surface area contributed by atoms with Gasteiger partial charge in [0.15, 0.2) is 0 Å². The van der Waals surface area contributed by atoms with Crippen LogP contribution in [0.3, 0.4) is 0 Å². The summed E-state index contributed by atoms with van der Waals surface area (Å²) in [7, 11) is 0. The number of likely N-dealkylation sites (tertiary alicyclic amines) is 1. The molecule has 0 aromatic heterocycles. The second-order valence-electron chi connectivity index (χ2n) is 5.14. The third-order valence-corrected chi connectivity index (χ3v) is 3.79. The van der Waals surface area contributed by atoms with Crippen LogP contribution >= 0.6 is 0 Å². The van der Waals surface area contributed by atoms with E-state index in [0.717, 1.165) is 38.8 Å². The maximum atomic E-state index is 12.1. The predicted octanol–water partition coefficient (Wildman–Crippen LogP) is 1.34. The van der Waals surface area contributed by atoms with E-state index in [1.54, 1.807) is 0 Å². The van der Waals surface area contributed by atoms with Crippen LogP contribution in [0.4, 0.5) is 0 Å². The van der Waals surface area contributed by atoms with E-state index in [2.05, 4.69) is 12.2 Å². The highest BCUT2D eigenvalue weighted by molar-refractivity contribution is 5.76. The van der Waals surface area contributed by atoms with Gasteiger partial charge in [0, 0.05) is 19.5 Å². The number of carbonyl (C=O) groups excluding carboxylic acids is 1. The van der Waals surface area contributed by atoms with Crippen molar-refractivity contribution in [3.63, 3.8) is 0 Å². The lowest BCUT2D eigenvalue weighted by Gasteiger charge is -2.32. The van der Waals surface area contributed by atoms with Crippen LogP contribution in [0.5, 0.6) is 0 Å². The highest BCUT2D eigenvalue weighted by Crippen LogP contribution is 2.22. The highest BCUT2D eigenvalue weighted by Gasteiger charge is 2.24. The zero-order chi connectivity index (χ0) is 12.8. The molecule has 102 valence electrons. The smallest absolute Gasteiger partial charge is 0.223 e. The summed E-state index contributed by atoms with van der Waals surface area (Å²) in [6.07, 6.45) is 9.27. The molecule has 2 rings (SSSR count). The third-order valence-electron chi connectivity index (χ3n) is 3.79. The SMILES string of the molecule is O=C(CC1C=CCC1)N1CCC(OCCO)CC1. The molecule has 1 N–H and O–H groups in total. The topological polar surface area (TPSA) is 49.8 Å². The average molecular weight is 253 g/mol. The summed E-state index contributed by atoms with van der Waals surface area (Å²) >= 11 is 0. The van der Waals surface area contributed by atoms with Crippen LogP contribution in [0.25, 0.3) is 0 Å². The number of ether oxygens (including phenoxy) is 1. The average Bonchev–Trinajstić information content (AvgIpc) is 2.89. The summed E-state index contributed by atoms with van der Waals surface area (Å²) < 4.78 is 5.49. The molecule has 2 aliphatic rings. The lowest BCUT2D eigenvalue weighted by Crippen LogP contribution is -2.41. The Bertz CT molecular complexity index is 295. The quantitative estimate of drug-likeness (QED) is 0.752. The lowest BCUT2D eigenvalue weighted by molar-refractivity contribution is -0.134. The van der Waals surface area contributed by atoms with Crippen LogP contribution in [0, 0.1) is 5.92 Å². The Morgan fingerprint density at radius 1 is 1.33 bits per heavy atom. The molecule has 1 heterocycles. The van der Waals surface area contributed by atoms with Crippen molar-refractivity contribution in [3.8, 4) is 0 Å². The maximum absolute atomic E-state index is 12.1. The number of amides is 1. The van der Waals surface area contributed by atoms with E-state index in [1.165, 1.54) is 0 Å². The molecular weight excluding hydrogens is 230 g/mol. The van der Waals surface area contributed by atoms with Crippen molar-refractivity contribution in [1.82, 2.24) is 4.90 Å². The van der Waals surface area contributed by atoms with Gasteiger partial charge in [-0.3, -0.25) is 4.79 Å². The van der Waals surface area contributed by atoms with Gasteiger partial charge in [0.2, 0.25) is 5.91 Å². The third kappa shape index (κ3) is 3.82. The van der Waals surface area contributed by atoms with Crippen LogP contribution < -0.4 is 0 Å². The van der Waals surface area contributed by atoms with Gasteiger partial charge in [-0.25, -0.2) is 0 Å². The first kappa shape index (κ1) is 13.6. The van der Waals surface area contributed by atoms with E-state index >= 15 is 0 Å². The second-order valence-corrected chi connectivity index (χ2v) is 5.14. The van der Waals surface area contributed by atoms with Gasteiger partial charge in [-0.05, 0) is 31.6 Å².